The van der Waals surface area contributed by atoms with Crippen LogP contribution in [-0.4, -0.2) is 26.6 Å². The molecule has 0 unspecified atom stereocenters. The maximum Gasteiger partial charge on any atom is 0.474 e. The van der Waals surface area contributed by atoms with E-state index in [4.69, 9.17) is 4.42 Å². The van der Waals surface area contributed by atoms with E-state index in [1.54, 1.807) is 0 Å². The molecule has 0 atom stereocenters. The van der Waals surface area contributed by atoms with Gasteiger partial charge in [0.05, 0.1) is 11.8 Å². The third-order valence-corrected chi connectivity index (χ3v) is 4.34. The van der Waals surface area contributed by atoms with Gasteiger partial charge in [0.25, 0.3) is 0 Å². The molecule has 2 rings (SSSR count). The molecule has 1 aromatic heterocycles. The number of hydrogen-bond acceptors (Lipinski definition) is 6. The van der Waals surface area contributed by atoms with Gasteiger partial charge in [-0.05, 0) is 18.2 Å². The van der Waals surface area contributed by atoms with Crippen LogP contribution in [0.5, 0.6) is 0 Å². The number of hydrogen-bond donors (Lipinski definition) is 0. The molecule has 23 heavy (non-hydrogen) atoms. The van der Waals surface area contributed by atoms with Crippen LogP contribution in [0.1, 0.15) is 15.9 Å². The number of benzene rings is 1. The number of ketones is 1. The fourth-order valence-corrected chi connectivity index (χ4v) is 2.51. The Balaban J connectivity index is 2.37. The monoisotopic (exact) mass is 352 g/mol. The number of phosphoric acid groups is 1. The predicted molar refractivity (Wildman–Crippen MR) is 73.1 cm³/mol. The van der Waals surface area contributed by atoms with Crippen LogP contribution in [0.3, 0.4) is 0 Å². The molecule has 0 N–H and O–H groups in total. The van der Waals surface area contributed by atoms with Gasteiger partial charge in [-0.2, -0.15) is 13.2 Å². The standard InChI is InChI=1S/C13H12F3O6P/c1-19-23(18,20-2)22-7-11(17)9-5-8-3-4-21-12(8)6-10(9)13(14,15)16/h3-6H,7H2,1-2H3. The molecule has 1 aromatic carbocycles. The van der Waals surface area contributed by atoms with Gasteiger partial charge >= 0.3 is 14.0 Å². The second-order valence-electron chi connectivity index (χ2n) is 4.36. The van der Waals surface area contributed by atoms with E-state index in [0.717, 1.165) is 26.4 Å². The van der Waals surface area contributed by atoms with Gasteiger partial charge in [-0.25, -0.2) is 4.57 Å². The number of halogens is 3. The lowest BCUT2D eigenvalue weighted by atomic mass is 10.0. The predicted octanol–water partition coefficient (Wildman–Crippen LogP) is 4.05. The molecule has 0 amide bonds. The Morgan fingerprint density at radius 2 is 1.91 bits per heavy atom. The van der Waals surface area contributed by atoms with Crippen LogP contribution < -0.4 is 0 Å². The van der Waals surface area contributed by atoms with Crippen molar-refractivity contribution in [2.75, 3.05) is 20.8 Å². The SMILES string of the molecule is COP(=O)(OC)OCC(=O)c1cc2ccoc2cc1C(F)(F)F. The first-order chi connectivity index (χ1) is 10.7. The van der Waals surface area contributed by atoms with Gasteiger partial charge < -0.3 is 4.42 Å². The average molecular weight is 352 g/mol. The number of Topliss-reactive ketones (excluding diaryl/α,β-unsaturated/α-hetero) is 1. The summed E-state index contributed by atoms with van der Waals surface area (Å²) in [5.41, 5.74) is -1.79. The van der Waals surface area contributed by atoms with Crippen molar-refractivity contribution in [3.8, 4) is 0 Å². The first-order valence-corrected chi connectivity index (χ1v) is 7.64. The van der Waals surface area contributed by atoms with Crippen LogP contribution in [0.15, 0.2) is 28.9 Å². The number of furan rings is 1. The summed E-state index contributed by atoms with van der Waals surface area (Å²) in [5.74, 6) is -1.02. The van der Waals surface area contributed by atoms with Crippen molar-refractivity contribution >= 4 is 24.6 Å². The summed E-state index contributed by atoms with van der Waals surface area (Å²) < 4.78 is 69.5. The van der Waals surface area contributed by atoms with E-state index in [9.17, 15) is 22.5 Å². The van der Waals surface area contributed by atoms with Gasteiger partial charge in [0, 0.05) is 25.2 Å². The van der Waals surface area contributed by atoms with Gasteiger partial charge in [0.2, 0.25) is 0 Å². The molecule has 0 aliphatic heterocycles. The highest BCUT2D eigenvalue weighted by atomic mass is 31.2. The maximum atomic E-state index is 13.1. The smallest absolute Gasteiger partial charge is 0.464 e. The lowest BCUT2D eigenvalue weighted by Crippen LogP contribution is -2.16. The number of carbonyl (C=O) groups is 1. The molecule has 2 aromatic rings. The maximum absolute atomic E-state index is 13.1. The quantitative estimate of drug-likeness (QED) is 0.577. The number of carbonyl (C=O) groups excluding carboxylic acids is 1. The van der Waals surface area contributed by atoms with E-state index in [-0.39, 0.29) is 5.58 Å². The highest BCUT2D eigenvalue weighted by molar-refractivity contribution is 7.48. The third-order valence-electron chi connectivity index (χ3n) is 3.00. The number of fused-ring (bicyclic) bond motifs is 1. The van der Waals surface area contributed by atoms with E-state index >= 15 is 0 Å². The molecule has 6 nitrogen and oxygen atoms in total. The highest BCUT2D eigenvalue weighted by Gasteiger charge is 2.36. The summed E-state index contributed by atoms with van der Waals surface area (Å²) in [4.78, 5) is 12.1. The molecule has 126 valence electrons. The van der Waals surface area contributed by atoms with Crippen molar-refractivity contribution in [1.82, 2.24) is 0 Å². The lowest BCUT2D eigenvalue weighted by molar-refractivity contribution is -0.137. The van der Waals surface area contributed by atoms with Crippen LogP contribution in [0, 0.1) is 0 Å². The first kappa shape index (κ1) is 17.7. The highest BCUT2D eigenvalue weighted by Crippen LogP contribution is 2.47. The molecule has 0 aliphatic carbocycles. The fraction of sp³-hybridized carbons (Fsp3) is 0.308. The molecule has 0 saturated carbocycles. The van der Waals surface area contributed by atoms with Crippen molar-refractivity contribution in [3.05, 3.63) is 35.6 Å². The van der Waals surface area contributed by atoms with Gasteiger partial charge in [0.1, 0.15) is 12.2 Å². The Morgan fingerprint density at radius 1 is 1.26 bits per heavy atom. The molecular weight excluding hydrogens is 340 g/mol. The first-order valence-electron chi connectivity index (χ1n) is 6.18. The third kappa shape index (κ3) is 3.81. The van der Waals surface area contributed by atoms with Gasteiger partial charge in [-0.3, -0.25) is 18.4 Å². The van der Waals surface area contributed by atoms with E-state index < -0.39 is 37.5 Å². The minimum absolute atomic E-state index is 0.00533. The summed E-state index contributed by atoms with van der Waals surface area (Å²) in [6.45, 7) is -0.897. The minimum Gasteiger partial charge on any atom is -0.464 e. The summed E-state index contributed by atoms with van der Waals surface area (Å²) >= 11 is 0. The molecule has 1 heterocycles. The van der Waals surface area contributed by atoms with Crippen molar-refractivity contribution in [2.45, 2.75) is 6.18 Å². The Hall–Kier alpha value is -1.67. The fourth-order valence-electron chi connectivity index (χ4n) is 1.87. The Morgan fingerprint density at radius 3 is 2.48 bits per heavy atom. The second kappa shape index (κ2) is 6.45. The Kier molecular flexibility index (Phi) is 4.95. The Bertz CT molecular complexity index is 759. The van der Waals surface area contributed by atoms with Crippen molar-refractivity contribution in [3.63, 3.8) is 0 Å². The molecule has 0 radical (unpaired) electrons. The van der Waals surface area contributed by atoms with Gasteiger partial charge in [-0.1, -0.05) is 0 Å². The van der Waals surface area contributed by atoms with Crippen molar-refractivity contribution in [1.29, 1.82) is 0 Å². The van der Waals surface area contributed by atoms with Crippen molar-refractivity contribution in [2.24, 2.45) is 0 Å². The summed E-state index contributed by atoms with van der Waals surface area (Å²) in [6, 6.07) is 3.19. The van der Waals surface area contributed by atoms with Crippen molar-refractivity contribution < 1.29 is 40.5 Å². The van der Waals surface area contributed by atoms with Gasteiger partial charge in [0.15, 0.2) is 5.78 Å². The number of phosphoric ester groups is 1. The molecule has 0 fully saturated rings. The van der Waals surface area contributed by atoms with Gasteiger partial charge in [-0.15, -0.1) is 0 Å². The van der Waals surface area contributed by atoms with Crippen LogP contribution >= 0.6 is 7.82 Å². The van der Waals surface area contributed by atoms with Crippen LogP contribution in [0.25, 0.3) is 11.0 Å². The normalized spacial score (nSPS) is 12.7. The zero-order chi connectivity index (χ0) is 17.3. The summed E-state index contributed by atoms with van der Waals surface area (Å²) in [7, 11) is -1.93. The molecule has 0 saturated heterocycles. The summed E-state index contributed by atoms with van der Waals surface area (Å²) in [6.07, 6.45) is -3.56. The summed E-state index contributed by atoms with van der Waals surface area (Å²) in [5, 5.41) is 0.322. The molecule has 0 bridgehead atoms. The van der Waals surface area contributed by atoms with E-state index in [0.29, 0.717) is 5.39 Å². The molecular formula is C13H12F3O6P. The zero-order valence-electron chi connectivity index (χ0n) is 12.0. The van der Waals surface area contributed by atoms with E-state index in [1.807, 2.05) is 0 Å². The van der Waals surface area contributed by atoms with Crippen LogP contribution in [-0.2, 0) is 24.3 Å². The van der Waals surface area contributed by atoms with Crippen LogP contribution in [0.2, 0.25) is 0 Å². The number of rotatable bonds is 6. The van der Waals surface area contributed by atoms with E-state index in [1.165, 1.54) is 12.3 Å². The topological polar surface area (TPSA) is 75.0 Å². The largest absolute Gasteiger partial charge is 0.474 e. The molecule has 0 spiro atoms. The molecule has 0 aliphatic rings. The number of alkyl halides is 3. The van der Waals surface area contributed by atoms with E-state index in [2.05, 4.69) is 13.6 Å². The zero-order valence-corrected chi connectivity index (χ0v) is 12.9. The molecule has 10 heteroatoms. The average Bonchev–Trinajstić information content (AvgIpc) is 2.97. The second-order valence-corrected chi connectivity index (χ2v) is 6.25. The Labute approximate surface area is 128 Å². The minimum atomic E-state index is -4.77. The lowest BCUT2D eigenvalue weighted by Gasteiger charge is -2.15. The van der Waals surface area contributed by atoms with Crippen LogP contribution in [0.4, 0.5) is 13.2 Å².